The van der Waals surface area contributed by atoms with Gasteiger partial charge in [-0.2, -0.15) is 11.8 Å². The Morgan fingerprint density at radius 1 is 1.09 bits per heavy atom. The Balaban J connectivity index is 2.88. The smallest absolute Gasteiger partial charge is 0.326 e. The van der Waals surface area contributed by atoms with Crippen molar-refractivity contribution < 1.29 is 29.1 Å². The molecule has 13 heteroatoms. The number of aliphatic carboxylic acids is 1. The van der Waals surface area contributed by atoms with Gasteiger partial charge in [-0.25, -0.2) is 4.79 Å². The van der Waals surface area contributed by atoms with Crippen molar-refractivity contribution in [1.29, 1.82) is 0 Å². The van der Waals surface area contributed by atoms with Crippen LogP contribution in [0.1, 0.15) is 51.4 Å². The first-order valence-electron chi connectivity index (χ1n) is 11.5. The van der Waals surface area contributed by atoms with E-state index in [9.17, 15) is 29.1 Å². The number of nitrogens with one attached hydrogen (secondary N) is 2. The maximum atomic E-state index is 13.0. The summed E-state index contributed by atoms with van der Waals surface area (Å²) < 4.78 is 0. The molecule has 1 aliphatic rings. The zero-order valence-corrected chi connectivity index (χ0v) is 20.5. The van der Waals surface area contributed by atoms with Crippen LogP contribution in [0.25, 0.3) is 0 Å². The summed E-state index contributed by atoms with van der Waals surface area (Å²) in [5.74, 6) is -2.74. The maximum Gasteiger partial charge on any atom is 0.326 e. The van der Waals surface area contributed by atoms with E-state index in [1.165, 1.54) is 4.90 Å². The fraction of sp³-hybridized carbons (Fsp3) is 0.762. The van der Waals surface area contributed by atoms with E-state index in [-0.39, 0.29) is 25.2 Å². The molecule has 0 spiro atoms. The first kappa shape index (κ1) is 29.7. The van der Waals surface area contributed by atoms with Gasteiger partial charge in [0.2, 0.25) is 23.6 Å². The SMILES string of the molecule is CSCCC(N)C(=O)N1CCCC1C(=O)NC(CCCCN)C(=O)NC(CCC(N)=O)C(=O)O. The summed E-state index contributed by atoms with van der Waals surface area (Å²) in [5.41, 5.74) is 16.6. The third kappa shape index (κ3) is 9.85. The number of amides is 4. The summed E-state index contributed by atoms with van der Waals surface area (Å²) in [6, 6.07) is -3.79. The Kier molecular flexibility index (Phi) is 13.5. The molecule has 1 heterocycles. The molecular formula is C21H38N6O6S. The van der Waals surface area contributed by atoms with Crippen LogP contribution in [0.4, 0.5) is 0 Å². The van der Waals surface area contributed by atoms with Crippen molar-refractivity contribution in [2.45, 2.75) is 75.5 Å². The van der Waals surface area contributed by atoms with Crippen LogP contribution in [-0.4, -0.2) is 88.9 Å². The molecule has 9 N–H and O–H groups in total. The minimum Gasteiger partial charge on any atom is -0.480 e. The van der Waals surface area contributed by atoms with E-state index in [2.05, 4.69) is 10.6 Å². The van der Waals surface area contributed by atoms with Gasteiger partial charge < -0.3 is 37.8 Å². The van der Waals surface area contributed by atoms with E-state index in [0.29, 0.717) is 45.2 Å². The van der Waals surface area contributed by atoms with E-state index in [1.54, 1.807) is 11.8 Å². The number of thioether (sulfide) groups is 1. The number of hydrogen-bond donors (Lipinski definition) is 6. The molecule has 4 unspecified atom stereocenters. The molecule has 1 saturated heterocycles. The highest BCUT2D eigenvalue weighted by Crippen LogP contribution is 2.20. The summed E-state index contributed by atoms with van der Waals surface area (Å²) in [6.45, 7) is 0.805. The van der Waals surface area contributed by atoms with Crippen molar-refractivity contribution >= 4 is 41.4 Å². The predicted octanol–water partition coefficient (Wildman–Crippen LogP) is -1.49. The molecular weight excluding hydrogens is 464 g/mol. The number of carbonyl (C=O) groups is 5. The van der Waals surface area contributed by atoms with Gasteiger partial charge in [-0.1, -0.05) is 0 Å². The molecule has 0 aromatic carbocycles. The monoisotopic (exact) mass is 502 g/mol. The summed E-state index contributed by atoms with van der Waals surface area (Å²) in [5, 5.41) is 14.4. The van der Waals surface area contributed by atoms with Gasteiger partial charge in [0.05, 0.1) is 6.04 Å². The van der Waals surface area contributed by atoms with E-state index < -0.39 is 47.9 Å². The number of rotatable bonds is 16. The van der Waals surface area contributed by atoms with E-state index in [1.807, 2.05) is 6.26 Å². The number of primary amides is 1. The minimum atomic E-state index is -1.33. The Hall–Kier alpha value is -2.38. The van der Waals surface area contributed by atoms with Crippen molar-refractivity contribution in [3.05, 3.63) is 0 Å². The number of unbranched alkanes of at least 4 members (excludes halogenated alkanes) is 1. The van der Waals surface area contributed by atoms with Crippen LogP contribution in [-0.2, 0) is 24.0 Å². The predicted molar refractivity (Wildman–Crippen MR) is 129 cm³/mol. The second-order valence-corrected chi connectivity index (χ2v) is 9.31. The first-order chi connectivity index (χ1) is 16.1. The lowest BCUT2D eigenvalue weighted by Crippen LogP contribution is -2.56. The van der Waals surface area contributed by atoms with Crippen molar-refractivity contribution in [2.75, 3.05) is 25.1 Å². The third-order valence-corrected chi connectivity index (χ3v) is 6.31. The lowest BCUT2D eigenvalue weighted by atomic mass is 10.1. The average molecular weight is 503 g/mol. The first-order valence-corrected chi connectivity index (χ1v) is 12.9. The molecule has 1 aliphatic heterocycles. The van der Waals surface area contributed by atoms with Crippen LogP contribution in [0, 0.1) is 0 Å². The summed E-state index contributed by atoms with van der Waals surface area (Å²) in [6.07, 6.45) is 4.50. The van der Waals surface area contributed by atoms with Crippen molar-refractivity contribution in [1.82, 2.24) is 15.5 Å². The molecule has 0 aromatic rings. The van der Waals surface area contributed by atoms with Crippen molar-refractivity contribution in [3.8, 4) is 0 Å². The molecule has 1 rings (SSSR count). The number of carboxylic acid groups (broad SMARTS) is 1. The second kappa shape index (κ2) is 15.5. The fourth-order valence-corrected chi connectivity index (χ4v) is 4.22. The molecule has 0 aliphatic carbocycles. The van der Waals surface area contributed by atoms with Gasteiger partial charge in [-0.15, -0.1) is 0 Å². The number of carbonyl (C=O) groups excluding carboxylic acids is 4. The number of likely N-dealkylation sites (tertiary alicyclic amines) is 1. The topological polar surface area (TPSA) is 211 Å². The van der Waals surface area contributed by atoms with Crippen LogP contribution in [0.2, 0.25) is 0 Å². The van der Waals surface area contributed by atoms with Crippen LogP contribution in [0.15, 0.2) is 0 Å². The third-order valence-electron chi connectivity index (χ3n) is 5.66. The Bertz CT molecular complexity index is 724. The molecule has 12 nitrogen and oxygen atoms in total. The normalized spacial score (nSPS) is 18.1. The van der Waals surface area contributed by atoms with E-state index >= 15 is 0 Å². The standard InChI is InChI=1S/C21H38N6O6S/c1-34-12-9-13(23)20(31)27-11-4-6-16(27)19(30)25-14(5-2-3-10-22)18(29)26-15(21(32)33)7-8-17(24)28/h13-16H,2-12,22-23H2,1H3,(H2,24,28)(H,25,30)(H,26,29)(H,32,33). The van der Waals surface area contributed by atoms with Gasteiger partial charge in [0.1, 0.15) is 18.1 Å². The second-order valence-electron chi connectivity index (χ2n) is 8.33. The summed E-state index contributed by atoms with van der Waals surface area (Å²) in [7, 11) is 0. The zero-order chi connectivity index (χ0) is 25.7. The van der Waals surface area contributed by atoms with Gasteiger partial charge in [0.25, 0.3) is 0 Å². The number of hydrogen-bond acceptors (Lipinski definition) is 8. The average Bonchev–Trinajstić information content (AvgIpc) is 3.28. The van der Waals surface area contributed by atoms with E-state index in [4.69, 9.17) is 17.2 Å². The fourth-order valence-electron chi connectivity index (χ4n) is 3.73. The number of nitrogens with two attached hydrogens (primary N) is 3. The molecule has 0 bridgehead atoms. The Morgan fingerprint density at radius 3 is 2.38 bits per heavy atom. The highest BCUT2D eigenvalue weighted by molar-refractivity contribution is 7.98. The lowest BCUT2D eigenvalue weighted by molar-refractivity contribution is -0.143. The van der Waals surface area contributed by atoms with Gasteiger partial charge in [-0.3, -0.25) is 19.2 Å². The van der Waals surface area contributed by atoms with Crippen LogP contribution in [0.5, 0.6) is 0 Å². The largest absolute Gasteiger partial charge is 0.480 e. The molecule has 0 saturated carbocycles. The van der Waals surface area contributed by atoms with Crippen molar-refractivity contribution in [3.63, 3.8) is 0 Å². The quantitative estimate of drug-likeness (QED) is 0.135. The van der Waals surface area contributed by atoms with Crippen LogP contribution in [0.3, 0.4) is 0 Å². The molecule has 1 fully saturated rings. The molecule has 0 aromatic heterocycles. The highest BCUT2D eigenvalue weighted by atomic mass is 32.2. The van der Waals surface area contributed by atoms with Crippen molar-refractivity contribution in [2.24, 2.45) is 17.2 Å². The Morgan fingerprint density at radius 2 is 1.79 bits per heavy atom. The van der Waals surface area contributed by atoms with Crippen LogP contribution >= 0.6 is 11.8 Å². The van der Waals surface area contributed by atoms with Gasteiger partial charge in [-0.05, 0) is 63.5 Å². The van der Waals surface area contributed by atoms with Gasteiger partial charge >= 0.3 is 5.97 Å². The highest BCUT2D eigenvalue weighted by Gasteiger charge is 2.37. The molecule has 0 radical (unpaired) electrons. The van der Waals surface area contributed by atoms with E-state index in [0.717, 1.165) is 5.75 Å². The summed E-state index contributed by atoms with van der Waals surface area (Å²) in [4.78, 5) is 62.6. The number of nitrogens with zero attached hydrogens (tertiary/aromatic N) is 1. The zero-order valence-electron chi connectivity index (χ0n) is 19.7. The molecule has 194 valence electrons. The Labute approximate surface area is 204 Å². The van der Waals surface area contributed by atoms with Gasteiger partial charge in [0, 0.05) is 13.0 Å². The molecule has 34 heavy (non-hydrogen) atoms. The maximum absolute atomic E-state index is 13.0. The van der Waals surface area contributed by atoms with Gasteiger partial charge in [0.15, 0.2) is 0 Å². The number of carboxylic acids is 1. The summed E-state index contributed by atoms with van der Waals surface area (Å²) >= 11 is 1.58. The molecule has 4 amide bonds. The molecule has 4 atom stereocenters. The van der Waals surface area contributed by atoms with Crippen LogP contribution < -0.4 is 27.8 Å². The lowest BCUT2D eigenvalue weighted by Gasteiger charge is -2.28. The minimum absolute atomic E-state index is 0.168.